The highest BCUT2D eigenvalue weighted by Gasteiger charge is 2.49. The predicted molar refractivity (Wildman–Crippen MR) is 110 cm³/mol. The Morgan fingerprint density at radius 1 is 1.13 bits per heavy atom. The molecule has 162 valence electrons. The van der Waals surface area contributed by atoms with Gasteiger partial charge in [-0.15, -0.1) is 0 Å². The van der Waals surface area contributed by atoms with E-state index in [1.54, 1.807) is 7.05 Å². The van der Waals surface area contributed by atoms with Crippen LogP contribution < -0.4 is 10.1 Å². The molecule has 30 heavy (non-hydrogen) atoms. The van der Waals surface area contributed by atoms with Gasteiger partial charge in [0.05, 0.1) is 13.2 Å². The van der Waals surface area contributed by atoms with Gasteiger partial charge in [0.15, 0.2) is 18.2 Å². The summed E-state index contributed by atoms with van der Waals surface area (Å²) in [5.41, 5.74) is 0. The number of rotatable bonds is 6. The van der Waals surface area contributed by atoms with E-state index in [0.717, 1.165) is 37.9 Å². The smallest absolute Gasteiger partial charge is 0.325 e. The fourth-order valence-electron chi connectivity index (χ4n) is 4.11. The number of likely N-dealkylation sites (N-methyl/N-ethyl adjacent to an activating group) is 1. The van der Waals surface area contributed by atoms with Crippen LogP contribution in [0.2, 0.25) is 0 Å². The largest absolute Gasteiger partial charge is 0.492 e. The van der Waals surface area contributed by atoms with E-state index in [0.29, 0.717) is 19.7 Å². The minimum Gasteiger partial charge on any atom is -0.492 e. The number of aliphatic hydroxyl groups is 1. The molecule has 3 heterocycles. The van der Waals surface area contributed by atoms with E-state index in [1.165, 1.54) is 4.90 Å². The molecule has 0 aromatic heterocycles. The molecule has 0 aliphatic carbocycles. The Morgan fingerprint density at radius 2 is 1.87 bits per heavy atom. The fraction of sp³-hybridized carbons (Fsp3) is 0.550. The molecule has 3 aliphatic heterocycles. The van der Waals surface area contributed by atoms with Gasteiger partial charge in [-0.2, -0.15) is 0 Å². The lowest BCUT2D eigenvalue weighted by molar-refractivity contribution is -0.127. The third-order valence-corrected chi connectivity index (χ3v) is 5.75. The molecule has 0 saturated carbocycles. The number of carbonyl (C=O) groups is 2. The molecule has 2 saturated heterocycles. The van der Waals surface area contributed by atoms with Crippen LogP contribution in [0.4, 0.5) is 4.79 Å². The number of guanidine groups is 1. The van der Waals surface area contributed by atoms with Crippen LogP contribution in [0.5, 0.6) is 5.75 Å². The molecular weight excluding hydrogens is 388 g/mol. The number of carbonyl (C=O) groups excluding carboxylic acids is 2. The summed E-state index contributed by atoms with van der Waals surface area (Å²) in [6.07, 6.45) is -0.548. The van der Waals surface area contributed by atoms with Gasteiger partial charge in [0.1, 0.15) is 12.4 Å². The first kappa shape index (κ1) is 20.4. The maximum absolute atomic E-state index is 12.7. The van der Waals surface area contributed by atoms with Gasteiger partial charge >= 0.3 is 6.03 Å². The number of aliphatic imine (C=N–C) groups is 1. The van der Waals surface area contributed by atoms with E-state index in [-0.39, 0.29) is 12.5 Å². The van der Waals surface area contributed by atoms with Gasteiger partial charge in [-0.25, -0.2) is 9.79 Å². The minimum absolute atomic E-state index is 0.140. The number of hydrogen-bond donors (Lipinski definition) is 2. The van der Waals surface area contributed by atoms with Gasteiger partial charge in [-0.3, -0.25) is 15.0 Å². The molecule has 1 aromatic carbocycles. The number of amides is 3. The zero-order chi connectivity index (χ0) is 21.1. The lowest BCUT2D eigenvalue weighted by Gasteiger charge is -2.40. The molecule has 2 fully saturated rings. The number of ether oxygens (including phenoxy) is 1. The zero-order valence-electron chi connectivity index (χ0n) is 17.1. The topological polar surface area (TPSA) is 101 Å². The molecule has 0 radical (unpaired) electrons. The quantitative estimate of drug-likeness (QED) is 0.628. The van der Waals surface area contributed by atoms with Crippen LogP contribution >= 0.6 is 0 Å². The van der Waals surface area contributed by atoms with Gasteiger partial charge < -0.3 is 24.5 Å². The number of nitrogens with one attached hydrogen (secondary N) is 1. The highest BCUT2D eigenvalue weighted by atomic mass is 16.5. The number of benzene rings is 1. The summed E-state index contributed by atoms with van der Waals surface area (Å²) >= 11 is 0. The van der Waals surface area contributed by atoms with Crippen molar-refractivity contribution in [1.29, 1.82) is 0 Å². The van der Waals surface area contributed by atoms with Gasteiger partial charge in [0.25, 0.3) is 5.91 Å². The van der Waals surface area contributed by atoms with E-state index < -0.39 is 18.2 Å². The molecule has 4 rings (SSSR count). The number of hydrogen-bond acceptors (Lipinski definition) is 8. The number of para-hydroxylation sites is 1. The van der Waals surface area contributed by atoms with Gasteiger partial charge in [-0.1, -0.05) is 18.2 Å². The molecule has 10 heteroatoms. The first-order chi connectivity index (χ1) is 14.6. The number of fused-ring (bicyclic) bond motifs is 1. The second kappa shape index (κ2) is 8.88. The fourth-order valence-corrected chi connectivity index (χ4v) is 4.11. The van der Waals surface area contributed by atoms with Crippen molar-refractivity contribution in [2.75, 3.05) is 59.5 Å². The summed E-state index contributed by atoms with van der Waals surface area (Å²) in [4.78, 5) is 37.3. The normalized spacial score (nSPS) is 24.6. The zero-order valence-corrected chi connectivity index (χ0v) is 17.1. The molecular formula is C20H28N6O4. The van der Waals surface area contributed by atoms with Gasteiger partial charge in [0.2, 0.25) is 0 Å². The van der Waals surface area contributed by atoms with Crippen molar-refractivity contribution in [3.63, 3.8) is 0 Å². The molecule has 0 spiro atoms. The van der Waals surface area contributed by atoms with Crippen LogP contribution in [0.1, 0.15) is 0 Å². The highest BCUT2D eigenvalue weighted by Crippen LogP contribution is 2.26. The van der Waals surface area contributed by atoms with Crippen molar-refractivity contribution in [1.82, 2.24) is 24.9 Å². The van der Waals surface area contributed by atoms with Crippen molar-refractivity contribution in [2.45, 2.75) is 12.2 Å². The Morgan fingerprint density at radius 3 is 2.57 bits per heavy atom. The number of imide groups is 1. The molecule has 10 nitrogen and oxygen atoms in total. The number of nitrogens with zero attached hydrogens (tertiary/aromatic N) is 5. The molecule has 2 N–H and O–H groups in total. The number of urea groups is 1. The van der Waals surface area contributed by atoms with Gasteiger partial charge in [-0.05, 0) is 12.1 Å². The van der Waals surface area contributed by atoms with Crippen molar-refractivity contribution in [2.24, 2.45) is 4.99 Å². The monoisotopic (exact) mass is 416 g/mol. The van der Waals surface area contributed by atoms with E-state index >= 15 is 0 Å². The summed E-state index contributed by atoms with van der Waals surface area (Å²) in [6.45, 7) is 4.76. The number of β-amino-alcohol motifs (C(OH)–C–C–N with tert-alkyl or cyclic N) is 1. The standard InChI is InChI=1S/C20H28N6O4/c1-23-17-16(18(28)22-20(23)29)26(12-14-30-15-5-3-2-4-6-15)19(21-17)25-9-7-24(8-10-25)11-13-27/h2-6,16-17,27H,7-14H2,1H3,(H,22,28,29). The average Bonchev–Trinajstić information content (AvgIpc) is 3.14. The highest BCUT2D eigenvalue weighted by molar-refractivity contribution is 6.03. The third-order valence-electron chi connectivity index (χ3n) is 5.75. The predicted octanol–water partition coefficient (Wildman–Crippen LogP) is -0.777. The molecule has 2 unspecified atom stereocenters. The molecule has 1 aromatic rings. The second-order valence-electron chi connectivity index (χ2n) is 7.60. The summed E-state index contributed by atoms with van der Waals surface area (Å²) in [6, 6.07) is 8.53. The van der Waals surface area contributed by atoms with Crippen molar-refractivity contribution >= 4 is 17.9 Å². The Hall–Kier alpha value is -2.85. The average molecular weight is 416 g/mol. The molecule has 3 amide bonds. The van der Waals surface area contributed by atoms with Crippen molar-refractivity contribution in [3.05, 3.63) is 30.3 Å². The van der Waals surface area contributed by atoms with Crippen molar-refractivity contribution in [3.8, 4) is 5.75 Å². The molecule has 0 bridgehead atoms. The van der Waals surface area contributed by atoms with E-state index in [4.69, 9.17) is 14.8 Å². The molecule has 2 atom stereocenters. The van der Waals surface area contributed by atoms with E-state index in [2.05, 4.69) is 15.1 Å². The molecule has 3 aliphatic rings. The lowest BCUT2D eigenvalue weighted by atomic mass is 10.1. The lowest BCUT2D eigenvalue weighted by Crippen LogP contribution is -2.65. The Balaban J connectivity index is 1.49. The Bertz CT molecular complexity index is 796. The maximum Gasteiger partial charge on any atom is 0.325 e. The maximum atomic E-state index is 12.7. The van der Waals surface area contributed by atoms with Crippen LogP contribution in [0.3, 0.4) is 0 Å². The van der Waals surface area contributed by atoms with E-state index in [1.807, 2.05) is 35.2 Å². The first-order valence-corrected chi connectivity index (χ1v) is 10.3. The van der Waals surface area contributed by atoms with Gasteiger partial charge in [0, 0.05) is 39.8 Å². The van der Waals surface area contributed by atoms with Crippen molar-refractivity contribution < 1.29 is 19.4 Å². The summed E-state index contributed by atoms with van der Waals surface area (Å²) < 4.78 is 5.85. The number of piperazine rings is 1. The van der Waals surface area contributed by atoms with E-state index in [9.17, 15) is 9.59 Å². The summed E-state index contributed by atoms with van der Waals surface area (Å²) in [5, 5.41) is 11.6. The van der Waals surface area contributed by atoms with Crippen LogP contribution in [0, 0.1) is 0 Å². The second-order valence-corrected chi connectivity index (χ2v) is 7.60. The SMILES string of the molecule is CN1C(=O)NC(=O)C2C1N=C(N1CCN(CCO)CC1)N2CCOc1ccccc1. The first-order valence-electron chi connectivity index (χ1n) is 10.3. The number of aliphatic hydroxyl groups excluding tert-OH is 1. The van der Waals surface area contributed by atoms with Crippen LogP contribution in [0.25, 0.3) is 0 Å². The summed E-state index contributed by atoms with van der Waals surface area (Å²) in [7, 11) is 1.66. The Labute approximate surface area is 175 Å². The van der Waals surface area contributed by atoms with Crippen LogP contribution in [0.15, 0.2) is 35.3 Å². The Kier molecular flexibility index (Phi) is 6.05. The minimum atomic E-state index is -0.572. The van der Waals surface area contributed by atoms with Crippen LogP contribution in [-0.4, -0.2) is 114 Å². The third kappa shape index (κ3) is 4.05. The van der Waals surface area contributed by atoms with Crippen LogP contribution in [-0.2, 0) is 4.79 Å². The summed E-state index contributed by atoms with van der Waals surface area (Å²) in [5.74, 6) is 1.16.